The standard InChI is InChI=1S/C29H41N3O4.C28H37N3O3/c1-29(2,3)36-28(34)30-22-9-13-32(14-10-22)27(33)21-6-8-26-24(18-21)23-17-20(5-7-25(23)31(26)4)19-11-15-35-16-12-19;1-30-25-6-4-20(18-10-14-34-15-11-18)16-23(25)24-17-21(5-7-26(24)30)28(33)31-12-8-22(9-13-31)29-27(32)19-2-3-19/h6,8,18-20,22H,5,7,9-17H2,1-4H3,(H,30,34);5,7,17-20,22H,2-4,6,8-16H2,1H3,(H,29,32). The van der Waals surface area contributed by atoms with E-state index in [0.717, 1.165) is 120 Å². The van der Waals surface area contributed by atoms with Crippen molar-refractivity contribution >= 4 is 45.6 Å². The summed E-state index contributed by atoms with van der Waals surface area (Å²) in [5.41, 5.74) is 9.34. The summed E-state index contributed by atoms with van der Waals surface area (Å²) in [6.45, 7) is 11.9. The minimum absolute atomic E-state index is 0.0367. The van der Waals surface area contributed by atoms with Crippen molar-refractivity contribution in [2.75, 3.05) is 52.6 Å². The molecule has 2 N–H and O–H groups in total. The van der Waals surface area contributed by atoms with Crippen LogP contribution < -0.4 is 10.6 Å². The third-order valence-electron chi connectivity index (χ3n) is 17.2. The van der Waals surface area contributed by atoms with Crippen LogP contribution in [0.3, 0.4) is 0 Å². The van der Waals surface area contributed by atoms with Crippen molar-refractivity contribution < 1.29 is 33.4 Å². The van der Waals surface area contributed by atoms with Gasteiger partial charge in [0.1, 0.15) is 5.60 Å². The average Bonchev–Trinajstić information content (AvgIpc) is 4.16. The normalized spacial score (nSPS) is 23.0. The Labute approximate surface area is 414 Å². The number of alkyl carbamates (subject to hydrolysis) is 1. The molecule has 5 fully saturated rings. The number of ether oxygens (including phenoxy) is 3. The number of benzene rings is 2. The van der Waals surface area contributed by atoms with Crippen LogP contribution in [0.15, 0.2) is 36.4 Å². The number of aromatic nitrogens is 2. The third-order valence-corrected chi connectivity index (χ3v) is 17.2. The summed E-state index contributed by atoms with van der Waals surface area (Å²) >= 11 is 0. The van der Waals surface area contributed by atoms with Crippen LogP contribution in [0.5, 0.6) is 0 Å². The van der Waals surface area contributed by atoms with E-state index in [-0.39, 0.29) is 41.8 Å². The summed E-state index contributed by atoms with van der Waals surface area (Å²) in [4.78, 5) is 54.9. The summed E-state index contributed by atoms with van der Waals surface area (Å²) in [5, 5.41) is 8.66. The lowest BCUT2D eigenvalue weighted by Gasteiger charge is -2.33. The average molecular weight is 959 g/mol. The largest absolute Gasteiger partial charge is 0.444 e. The van der Waals surface area contributed by atoms with Gasteiger partial charge < -0.3 is 43.8 Å². The molecular formula is C57H78N6O7. The second-order valence-electron chi connectivity index (χ2n) is 22.9. The van der Waals surface area contributed by atoms with Crippen molar-refractivity contribution in [3.8, 4) is 0 Å². The Balaban J connectivity index is 0.000000162. The number of carbonyl (C=O) groups excluding carboxylic acids is 4. The molecule has 3 aliphatic carbocycles. The zero-order valence-electron chi connectivity index (χ0n) is 42.6. The highest BCUT2D eigenvalue weighted by Gasteiger charge is 2.35. The van der Waals surface area contributed by atoms with Crippen molar-refractivity contribution in [1.82, 2.24) is 29.6 Å². The molecule has 4 saturated heterocycles. The number of hydrogen-bond donors (Lipinski definition) is 2. The smallest absolute Gasteiger partial charge is 0.407 e. The molecule has 13 heteroatoms. The van der Waals surface area contributed by atoms with E-state index in [4.69, 9.17) is 14.2 Å². The van der Waals surface area contributed by atoms with Gasteiger partial charge in [-0.05, 0) is 195 Å². The lowest BCUT2D eigenvalue weighted by Crippen LogP contribution is -2.47. The fourth-order valence-electron chi connectivity index (χ4n) is 13.0. The molecule has 2 aromatic heterocycles. The van der Waals surface area contributed by atoms with Crippen LogP contribution in [0.25, 0.3) is 21.8 Å². The Morgan fingerprint density at radius 3 is 1.40 bits per heavy atom. The number of nitrogens with one attached hydrogen (secondary N) is 2. The molecule has 6 heterocycles. The minimum atomic E-state index is -0.513. The number of rotatable bonds is 7. The van der Waals surface area contributed by atoms with Crippen molar-refractivity contribution in [2.45, 2.75) is 141 Å². The van der Waals surface area contributed by atoms with Crippen molar-refractivity contribution in [2.24, 2.45) is 43.7 Å². The molecule has 0 bridgehead atoms. The summed E-state index contributed by atoms with van der Waals surface area (Å²) in [7, 11) is 4.35. The van der Waals surface area contributed by atoms with Gasteiger partial charge >= 0.3 is 6.09 Å². The second-order valence-corrected chi connectivity index (χ2v) is 22.9. The first kappa shape index (κ1) is 48.7. The zero-order valence-corrected chi connectivity index (χ0v) is 42.6. The van der Waals surface area contributed by atoms with E-state index in [2.05, 4.69) is 58.1 Å². The van der Waals surface area contributed by atoms with E-state index in [0.29, 0.717) is 32.1 Å². The third kappa shape index (κ3) is 10.7. The summed E-state index contributed by atoms with van der Waals surface area (Å²) in [5.74, 6) is 3.63. The zero-order chi connectivity index (χ0) is 48.7. The number of nitrogens with zero attached hydrogens (tertiary/aromatic N) is 4. The first-order valence-corrected chi connectivity index (χ1v) is 27.0. The van der Waals surface area contributed by atoms with Gasteiger partial charge in [-0.15, -0.1) is 0 Å². The topological polar surface area (TPSA) is 136 Å². The maximum Gasteiger partial charge on any atom is 0.407 e. The predicted octanol–water partition coefficient (Wildman–Crippen LogP) is 8.68. The molecule has 13 nitrogen and oxygen atoms in total. The van der Waals surface area contributed by atoms with Crippen molar-refractivity contribution in [3.63, 3.8) is 0 Å². The van der Waals surface area contributed by atoms with Crippen LogP contribution in [0, 0.1) is 29.6 Å². The van der Waals surface area contributed by atoms with Gasteiger partial charge in [-0.1, -0.05) is 0 Å². The van der Waals surface area contributed by atoms with Crippen molar-refractivity contribution in [1.29, 1.82) is 0 Å². The monoisotopic (exact) mass is 959 g/mol. The highest BCUT2D eigenvalue weighted by atomic mass is 16.6. The van der Waals surface area contributed by atoms with Gasteiger partial charge in [-0.3, -0.25) is 14.4 Å². The number of fused-ring (bicyclic) bond motifs is 6. The molecule has 70 heavy (non-hydrogen) atoms. The van der Waals surface area contributed by atoms with Gasteiger partial charge in [-0.25, -0.2) is 4.79 Å². The fraction of sp³-hybridized carbons (Fsp3) is 0.649. The Hall–Kier alpha value is -4.88. The van der Waals surface area contributed by atoms with Crippen LogP contribution in [0.2, 0.25) is 0 Å². The molecule has 4 amide bonds. The summed E-state index contributed by atoms with van der Waals surface area (Å²) in [6, 6.07) is 12.8. The number of hydrogen-bond acceptors (Lipinski definition) is 7. The SMILES string of the molecule is Cn1c2c(c3cc(C(=O)N4CCC(NC(=O)C5CC5)CC4)ccc31)CC(C1CCOCC1)CC2.Cn1c2c(c3cc(C(=O)N4CCC(NC(=O)OC(C)(C)C)CC4)ccc31)CC(C1CCOCC1)CC2. The number of piperidine rings is 2. The summed E-state index contributed by atoms with van der Waals surface area (Å²) in [6.07, 6.45) is 16.6. The van der Waals surface area contributed by atoms with Gasteiger partial charge in [0.2, 0.25) is 5.91 Å². The van der Waals surface area contributed by atoms with Gasteiger partial charge in [0, 0.05) is 129 Å². The number of amides is 4. The van der Waals surface area contributed by atoms with E-state index in [1.165, 1.54) is 82.8 Å². The van der Waals surface area contributed by atoms with Crippen molar-refractivity contribution in [3.05, 3.63) is 70.0 Å². The van der Waals surface area contributed by atoms with Crippen LogP contribution in [-0.4, -0.2) is 113 Å². The first-order valence-electron chi connectivity index (χ1n) is 27.0. The highest BCUT2D eigenvalue weighted by Crippen LogP contribution is 2.41. The number of aryl methyl sites for hydroxylation is 2. The molecule has 2 unspecified atom stereocenters. The van der Waals surface area contributed by atoms with E-state index >= 15 is 0 Å². The van der Waals surface area contributed by atoms with E-state index in [1.54, 1.807) is 0 Å². The Bertz CT molecular complexity index is 2560. The Kier molecular flexibility index (Phi) is 14.4. The molecule has 378 valence electrons. The van der Waals surface area contributed by atoms with Gasteiger partial charge in [0.05, 0.1) is 0 Å². The molecule has 7 aliphatic rings. The molecule has 11 rings (SSSR count). The Morgan fingerprint density at radius 1 is 0.557 bits per heavy atom. The maximum absolute atomic E-state index is 13.4. The predicted molar refractivity (Wildman–Crippen MR) is 272 cm³/mol. The molecule has 1 saturated carbocycles. The molecular weight excluding hydrogens is 881 g/mol. The van der Waals surface area contributed by atoms with Gasteiger partial charge in [-0.2, -0.15) is 0 Å². The fourth-order valence-corrected chi connectivity index (χ4v) is 13.0. The number of carbonyl (C=O) groups is 4. The maximum atomic E-state index is 13.4. The Morgan fingerprint density at radius 2 is 0.986 bits per heavy atom. The highest BCUT2D eigenvalue weighted by molar-refractivity contribution is 6.00. The minimum Gasteiger partial charge on any atom is -0.444 e. The molecule has 0 spiro atoms. The molecule has 4 aliphatic heterocycles. The van der Waals surface area contributed by atoms with E-state index < -0.39 is 5.60 Å². The van der Waals surface area contributed by atoms with Gasteiger partial charge in [0.25, 0.3) is 11.8 Å². The number of likely N-dealkylation sites (tertiary alicyclic amines) is 2. The van der Waals surface area contributed by atoms with Crippen LogP contribution >= 0.6 is 0 Å². The molecule has 2 atom stereocenters. The van der Waals surface area contributed by atoms with Crippen LogP contribution in [0.4, 0.5) is 4.79 Å². The van der Waals surface area contributed by atoms with Crippen LogP contribution in [-0.2, 0) is 58.8 Å². The van der Waals surface area contributed by atoms with Gasteiger partial charge in [0.15, 0.2) is 0 Å². The molecule has 2 aromatic carbocycles. The van der Waals surface area contributed by atoms with E-state index in [9.17, 15) is 19.2 Å². The lowest BCUT2D eigenvalue weighted by molar-refractivity contribution is -0.123. The first-order chi connectivity index (χ1) is 33.8. The summed E-state index contributed by atoms with van der Waals surface area (Å²) < 4.78 is 21.3. The second kappa shape index (κ2) is 20.7. The van der Waals surface area contributed by atoms with Crippen LogP contribution in [0.1, 0.15) is 141 Å². The molecule has 4 aromatic rings. The van der Waals surface area contributed by atoms with E-state index in [1.807, 2.05) is 42.7 Å². The molecule has 0 radical (unpaired) electrons. The quantitative estimate of drug-likeness (QED) is 0.189. The lowest BCUT2D eigenvalue weighted by atomic mass is 9.75.